The summed E-state index contributed by atoms with van der Waals surface area (Å²) in [6, 6.07) is 12.1. The fraction of sp³-hybridized carbons (Fsp3) is 0.350. The zero-order valence-corrected chi connectivity index (χ0v) is 14.4. The molecule has 1 heterocycles. The van der Waals surface area contributed by atoms with Crippen LogP contribution in [0.1, 0.15) is 18.4 Å². The van der Waals surface area contributed by atoms with Gasteiger partial charge in [-0.15, -0.1) is 0 Å². The van der Waals surface area contributed by atoms with Crippen LogP contribution in [0.25, 0.3) is 0 Å². The van der Waals surface area contributed by atoms with E-state index in [1.807, 2.05) is 13.0 Å². The summed E-state index contributed by atoms with van der Waals surface area (Å²) in [7, 11) is 0. The number of allylic oxidation sites excluding steroid dienone is 2. The maximum atomic E-state index is 13.4. The van der Waals surface area contributed by atoms with Gasteiger partial charge in [-0.25, -0.2) is 4.39 Å². The lowest BCUT2D eigenvalue weighted by molar-refractivity contribution is 0.214. The van der Waals surface area contributed by atoms with Crippen molar-refractivity contribution < 1.29 is 4.39 Å². The van der Waals surface area contributed by atoms with Crippen molar-refractivity contribution >= 4 is 0 Å². The minimum Gasteiger partial charge on any atom is -0.399 e. The number of nitrogens with zero attached hydrogens (tertiary/aromatic N) is 4. The summed E-state index contributed by atoms with van der Waals surface area (Å²) in [6.07, 6.45) is 1.96. The van der Waals surface area contributed by atoms with E-state index in [0.29, 0.717) is 18.7 Å². The lowest BCUT2D eigenvalue weighted by Gasteiger charge is -2.45. The maximum absolute atomic E-state index is 13.4. The highest BCUT2D eigenvalue weighted by atomic mass is 19.1. The number of hydrogen-bond acceptors (Lipinski definition) is 5. The highest BCUT2D eigenvalue weighted by Gasteiger charge is 2.54. The first-order valence-corrected chi connectivity index (χ1v) is 8.43. The largest absolute Gasteiger partial charge is 0.399 e. The summed E-state index contributed by atoms with van der Waals surface area (Å²) < 4.78 is 13.4. The molecule has 1 aliphatic carbocycles. The first-order valence-electron chi connectivity index (χ1n) is 8.43. The number of likely N-dealkylation sites (N-methyl/N-ethyl adjacent to an activating group) is 1. The van der Waals surface area contributed by atoms with Gasteiger partial charge in [-0.2, -0.15) is 15.8 Å². The Kier molecular flexibility index (Phi) is 4.51. The highest BCUT2D eigenvalue weighted by molar-refractivity contribution is 5.59. The predicted octanol–water partition coefficient (Wildman–Crippen LogP) is 2.57. The number of benzene rings is 1. The molecule has 0 bridgehead atoms. The summed E-state index contributed by atoms with van der Waals surface area (Å²) in [4.78, 5) is 2.18. The van der Waals surface area contributed by atoms with Crippen LogP contribution in [0.15, 0.2) is 47.2 Å². The van der Waals surface area contributed by atoms with Gasteiger partial charge in [0, 0.05) is 24.9 Å². The Morgan fingerprint density at radius 2 is 1.88 bits per heavy atom. The van der Waals surface area contributed by atoms with Gasteiger partial charge in [0.05, 0.1) is 23.4 Å². The van der Waals surface area contributed by atoms with E-state index in [-0.39, 0.29) is 23.0 Å². The van der Waals surface area contributed by atoms with Crippen molar-refractivity contribution in [2.45, 2.75) is 12.8 Å². The fourth-order valence-corrected chi connectivity index (χ4v) is 4.04. The minimum atomic E-state index is -1.67. The molecular formula is C20H18FN5. The molecule has 6 heteroatoms. The zero-order chi connectivity index (χ0) is 18.9. The van der Waals surface area contributed by atoms with E-state index < -0.39 is 11.3 Å². The number of nitrogens with two attached hydrogens (primary N) is 1. The monoisotopic (exact) mass is 347 g/mol. The molecule has 1 aliphatic heterocycles. The summed E-state index contributed by atoms with van der Waals surface area (Å²) in [6.45, 7) is 4.13. The van der Waals surface area contributed by atoms with Crippen LogP contribution < -0.4 is 5.73 Å². The summed E-state index contributed by atoms with van der Waals surface area (Å²) in [5.41, 5.74) is 6.21. The molecule has 0 spiro atoms. The molecule has 5 nitrogen and oxygen atoms in total. The second-order valence-corrected chi connectivity index (χ2v) is 6.58. The molecule has 2 N–H and O–H groups in total. The third-order valence-electron chi connectivity index (χ3n) is 5.42. The normalized spacial score (nSPS) is 24.7. The van der Waals surface area contributed by atoms with Crippen molar-refractivity contribution in [3.05, 3.63) is 58.6 Å². The second kappa shape index (κ2) is 6.64. The molecule has 0 saturated carbocycles. The minimum absolute atomic E-state index is 0.00762. The Morgan fingerprint density at radius 3 is 2.42 bits per heavy atom. The molecule has 0 unspecified atom stereocenters. The molecule has 0 fully saturated rings. The van der Waals surface area contributed by atoms with Crippen LogP contribution in [-0.2, 0) is 0 Å². The van der Waals surface area contributed by atoms with Crippen LogP contribution in [-0.4, -0.2) is 24.5 Å². The second-order valence-electron chi connectivity index (χ2n) is 6.58. The van der Waals surface area contributed by atoms with E-state index in [4.69, 9.17) is 5.73 Å². The van der Waals surface area contributed by atoms with Gasteiger partial charge in [0.2, 0.25) is 0 Å². The summed E-state index contributed by atoms with van der Waals surface area (Å²) in [5, 5.41) is 29.5. The smallest absolute Gasteiger partial charge is 0.191 e. The third kappa shape index (κ3) is 2.46. The Labute approximate surface area is 152 Å². The SMILES string of the molecule is CCN1CC=C2C(C#N)=C(N)C(C#N)(C#N)[C@H](c3ccc(F)cc3)[C@H]2C1. The van der Waals surface area contributed by atoms with Crippen molar-refractivity contribution in [3.63, 3.8) is 0 Å². The van der Waals surface area contributed by atoms with Gasteiger partial charge < -0.3 is 5.73 Å². The predicted molar refractivity (Wildman–Crippen MR) is 93.3 cm³/mol. The number of halogens is 1. The van der Waals surface area contributed by atoms with Crippen molar-refractivity contribution in [3.8, 4) is 18.2 Å². The molecule has 1 aromatic rings. The van der Waals surface area contributed by atoms with Crippen LogP contribution in [0.4, 0.5) is 4.39 Å². The summed E-state index contributed by atoms with van der Waals surface area (Å²) >= 11 is 0. The molecule has 0 saturated heterocycles. The quantitative estimate of drug-likeness (QED) is 0.886. The maximum Gasteiger partial charge on any atom is 0.191 e. The Bertz CT molecular complexity index is 893. The molecule has 0 amide bonds. The molecule has 3 rings (SSSR count). The first-order chi connectivity index (χ1) is 12.5. The van der Waals surface area contributed by atoms with Crippen LogP contribution in [0.2, 0.25) is 0 Å². The van der Waals surface area contributed by atoms with Gasteiger partial charge in [0.15, 0.2) is 5.41 Å². The van der Waals surface area contributed by atoms with E-state index >= 15 is 0 Å². The van der Waals surface area contributed by atoms with E-state index in [1.165, 1.54) is 12.1 Å². The lowest BCUT2D eigenvalue weighted by atomic mass is 9.58. The average Bonchev–Trinajstić information content (AvgIpc) is 2.68. The standard InChI is InChI=1S/C20H18FN5/c1-2-26-8-7-15-16(9-22)19(25)20(11-23,12-24)18(17(15)10-26)13-3-5-14(21)6-4-13/h3-7,17-18H,2,8,10,25H2,1H3/t17-,18+/m0/s1. The molecule has 2 aliphatic rings. The fourth-order valence-electron chi connectivity index (χ4n) is 4.04. The third-order valence-corrected chi connectivity index (χ3v) is 5.42. The first kappa shape index (κ1) is 17.7. The zero-order valence-electron chi connectivity index (χ0n) is 14.4. The Balaban J connectivity index is 2.30. The number of fused-ring (bicyclic) bond motifs is 1. The molecule has 26 heavy (non-hydrogen) atoms. The summed E-state index contributed by atoms with van der Waals surface area (Å²) in [5.74, 6) is -1.20. The van der Waals surface area contributed by atoms with Crippen molar-refractivity contribution in [2.75, 3.05) is 19.6 Å². The molecule has 0 aromatic heterocycles. The van der Waals surface area contributed by atoms with Gasteiger partial charge >= 0.3 is 0 Å². The molecule has 2 atom stereocenters. The molecule has 130 valence electrons. The van der Waals surface area contributed by atoms with E-state index in [9.17, 15) is 20.2 Å². The van der Waals surface area contributed by atoms with Crippen LogP contribution in [0.5, 0.6) is 0 Å². The van der Waals surface area contributed by atoms with Gasteiger partial charge in [-0.05, 0) is 29.8 Å². The van der Waals surface area contributed by atoms with Crippen molar-refractivity contribution in [1.82, 2.24) is 4.90 Å². The molecule has 1 aromatic carbocycles. The topological polar surface area (TPSA) is 101 Å². The van der Waals surface area contributed by atoms with Crippen LogP contribution >= 0.6 is 0 Å². The van der Waals surface area contributed by atoms with Gasteiger partial charge in [0.25, 0.3) is 0 Å². The highest BCUT2D eigenvalue weighted by Crippen LogP contribution is 2.54. The van der Waals surface area contributed by atoms with E-state index in [1.54, 1.807) is 12.1 Å². The van der Waals surface area contributed by atoms with Gasteiger partial charge in [-0.3, -0.25) is 4.90 Å². The number of nitriles is 3. The van der Waals surface area contributed by atoms with Crippen molar-refractivity contribution in [2.24, 2.45) is 17.1 Å². The lowest BCUT2D eigenvalue weighted by Crippen LogP contribution is -2.48. The van der Waals surface area contributed by atoms with Crippen LogP contribution in [0, 0.1) is 51.1 Å². The number of hydrogen-bond donors (Lipinski definition) is 1. The van der Waals surface area contributed by atoms with Gasteiger partial charge in [0.1, 0.15) is 11.9 Å². The van der Waals surface area contributed by atoms with E-state index in [0.717, 1.165) is 12.1 Å². The Morgan fingerprint density at radius 1 is 1.23 bits per heavy atom. The van der Waals surface area contributed by atoms with Gasteiger partial charge in [-0.1, -0.05) is 25.1 Å². The Hall–Kier alpha value is -3.14. The average molecular weight is 347 g/mol. The van der Waals surface area contributed by atoms with Crippen molar-refractivity contribution in [1.29, 1.82) is 15.8 Å². The van der Waals surface area contributed by atoms with Crippen LogP contribution in [0.3, 0.4) is 0 Å². The number of rotatable bonds is 2. The van der Waals surface area contributed by atoms with E-state index in [2.05, 4.69) is 23.1 Å². The molecular weight excluding hydrogens is 329 g/mol. The molecule has 0 radical (unpaired) electrons.